The Labute approximate surface area is 663 Å². The van der Waals surface area contributed by atoms with Crippen LogP contribution in [0, 0.1) is 23.3 Å². The van der Waals surface area contributed by atoms with E-state index < -0.39 is 114 Å². The number of carbonyl (C=O) groups is 4. The molecular weight excluding hydrogens is 1590 g/mol. The smallest absolute Gasteiger partial charge is 0.417 e. The van der Waals surface area contributed by atoms with Crippen LogP contribution in [0.5, 0.6) is 0 Å². The predicted octanol–water partition coefficient (Wildman–Crippen LogP) is 17.5. The molecular formula is C85H71F7N4O16S4. The molecule has 31 heteroatoms. The minimum atomic E-state index is -4.81. The van der Waals surface area contributed by atoms with Crippen molar-refractivity contribution in [2.75, 3.05) is 18.9 Å². The first-order chi connectivity index (χ1) is 55.0. The van der Waals surface area contributed by atoms with E-state index in [0.717, 1.165) is 93.0 Å². The second-order valence-electron chi connectivity index (χ2n) is 25.7. The van der Waals surface area contributed by atoms with Crippen LogP contribution in [-0.2, 0) is 97.6 Å². The highest BCUT2D eigenvalue weighted by molar-refractivity contribution is 7.93. The standard InChI is InChI=1S/C22H18F3NO4S.C21H17F2NO4S.2C21H18FNO4S/c23-22(24,25)19-9-1-2-10-20(19)31(29,30)26-18-8-4-6-16(14-18)12-11-15-5-3-7-17(13-15)21(27)28;22-17-9-10-20(19(23)13-17)29(27,28)24-18-6-2-4-15(12-18)8-7-14-3-1-5-16(11-14)21(25)26;22-18-9-11-20(12-10-18)28(26,27)23-19-6-2-4-16(14-19)8-7-15-3-1-5-17(13-15)21(24)25;22-19-9-1-2-10-20(19)28(26,27)23-18-8-4-6-16(14-18)12-11-15-5-3-7-17(13-15)21(24)25/h1-10,13-14,26H,11-12H2,(H,27,28);1-6,9-13,24H,7-8H2,(H,25,26);1-6,9-14,23H,7-8H2,(H,24,25);1-10,13-14,23H,11-12H2,(H,24,25). The fourth-order valence-electron chi connectivity index (χ4n) is 11.5. The van der Waals surface area contributed by atoms with Crippen molar-refractivity contribution in [3.05, 3.63) is 381 Å². The Balaban J connectivity index is 0.000000177. The first kappa shape index (κ1) is 87.0. The maximum Gasteiger partial charge on any atom is 0.417 e. The SMILES string of the molecule is O=C(O)c1cccc(CCc2cccc(NS(=O)(=O)c3ccc(F)cc3)c2)c1.O=C(O)c1cccc(CCc2cccc(NS(=O)(=O)c3ccc(F)cc3F)c2)c1.O=C(O)c1cccc(CCc2cccc(NS(=O)(=O)c3ccccc3C(F)(F)F)c2)c1.O=C(O)c1cccc(CCc2cccc(NS(=O)(=O)c3ccccc3F)c2)c1. The van der Waals surface area contributed by atoms with E-state index in [-0.39, 0.29) is 38.5 Å². The number of carboxylic acid groups (broad SMARTS) is 4. The van der Waals surface area contributed by atoms with Crippen LogP contribution in [-0.4, -0.2) is 78.0 Å². The summed E-state index contributed by atoms with van der Waals surface area (Å²) in [6.07, 6.45) is -0.273. The van der Waals surface area contributed by atoms with Gasteiger partial charge in [0.2, 0.25) is 0 Å². The topological polar surface area (TPSA) is 334 Å². The van der Waals surface area contributed by atoms with E-state index in [1.165, 1.54) is 78.9 Å². The van der Waals surface area contributed by atoms with Crippen LogP contribution in [0.1, 0.15) is 91.5 Å². The highest BCUT2D eigenvalue weighted by Crippen LogP contribution is 2.35. The van der Waals surface area contributed by atoms with Gasteiger partial charge in [0, 0.05) is 28.8 Å². The number of anilines is 4. The molecule has 600 valence electrons. The van der Waals surface area contributed by atoms with E-state index in [0.29, 0.717) is 68.8 Å². The molecule has 0 aliphatic heterocycles. The number of aromatic carboxylic acids is 4. The van der Waals surface area contributed by atoms with Gasteiger partial charge in [-0.1, -0.05) is 121 Å². The van der Waals surface area contributed by atoms with E-state index in [2.05, 4.69) is 18.9 Å². The van der Waals surface area contributed by atoms with E-state index in [1.807, 2.05) is 30.3 Å². The zero-order valence-corrected chi connectivity index (χ0v) is 64.0. The summed E-state index contributed by atoms with van der Waals surface area (Å²) in [5, 5.41) is 36.2. The number of sulfonamides is 4. The molecule has 0 unspecified atom stereocenters. The second kappa shape index (κ2) is 39.2. The molecule has 0 aliphatic carbocycles. The molecule has 116 heavy (non-hydrogen) atoms. The van der Waals surface area contributed by atoms with Crippen molar-refractivity contribution in [1.29, 1.82) is 0 Å². The largest absolute Gasteiger partial charge is 0.478 e. The van der Waals surface area contributed by atoms with Gasteiger partial charge in [-0.25, -0.2) is 70.4 Å². The molecule has 0 heterocycles. The molecule has 12 aromatic rings. The van der Waals surface area contributed by atoms with Crippen molar-refractivity contribution in [2.24, 2.45) is 0 Å². The fraction of sp³-hybridized carbons (Fsp3) is 0.106. The number of aryl methyl sites for hydroxylation is 8. The second-order valence-corrected chi connectivity index (χ2v) is 32.3. The number of hydrogen-bond acceptors (Lipinski definition) is 12. The lowest BCUT2D eigenvalue weighted by molar-refractivity contribution is -0.139. The van der Waals surface area contributed by atoms with Gasteiger partial charge < -0.3 is 20.4 Å². The molecule has 8 N–H and O–H groups in total. The molecule has 0 saturated heterocycles. The van der Waals surface area contributed by atoms with E-state index in [1.54, 1.807) is 121 Å². The first-order valence-electron chi connectivity index (χ1n) is 34.9. The zero-order valence-electron chi connectivity index (χ0n) is 60.8. The predicted molar refractivity (Wildman–Crippen MR) is 423 cm³/mol. The summed E-state index contributed by atoms with van der Waals surface area (Å²) in [4.78, 5) is 42.3. The molecule has 12 aromatic carbocycles. The molecule has 0 radical (unpaired) electrons. The molecule has 12 rings (SSSR count). The third kappa shape index (κ3) is 25.8. The Morgan fingerprint density at radius 2 is 0.534 bits per heavy atom. The number of nitrogens with one attached hydrogen (secondary N) is 4. The summed E-state index contributed by atoms with van der Waals surface area (Å²) in [6, 6.07) is 69.2. The minimum Gasteiger partial charge on any atom is -0.478 e. The first-order valence-corrected chi connectivity index (χ1v) is 40.8. The van der Waals surface area contributed by atoms with E-state index in [4.69, 9.17) is 20.4 Å². The average molecular weight is 1670 g/mol. The normalized spacial score (nSPS) is 11.4. The summed E-state index contributed by atoms with van der Waals surface area (Å²) in [6.45, 7) is 0. The summed E-state index contributed by atoms with van der Waals surface area (Å²) >= 11 is 0. The summed E-state index contributed by atoms with van der Waals surface area (Å²) < 4.78 is 202. The van der Waals surface area contributed by atoms with E-state index in [9.17, 15) is 83.6 Å². The molecule has 0 bridgehead atoms. The Hall–Kier alpha value is -13.0. The zero-order chi connectivity index (χ0) is 84.0. The van der Waals surface area contributed by atoms with Crippen molar-refractivity contribution in [3.63, 3.8) is 0 Å². The maximum absolute atomic E-state index is 13.8. The molecule has 0 spiro atoms. The van der Waals surface area contributed by atoms with Crippen LogP contribution in [0.3, 0.4) is 0 Å². The highest BCUT2D eigenvalue weighted by Gasteiger charge is 2.37. The summed E-state index contributed by atoms with van der Waals surface area (Å²) in [7, 11) is -16.5. The van der Waals surface area contributed by atoms with Crippen LogP contribution in [0.4, 0.5) is 53.5 Å². The molecule has 0 saturated carbocycles. The molecule has 0 fully saturated rings. The molecule has 0 aliphatic rings. The fourth-order valence-corrected chi connectivity index (χ4v) is 16.1. The number of hydrogen-bond donors (Lipinski definition) is 8. The monoisotopic (exact) mass is 1660 g/mol. The van der Waals surface area contributed by atoms with Crippen molar-refractivity contribution in [2.45, 2.75) is 77.1 Å². The van der Waals surface area contributed by atoms with Crippen LogP contribution >= 0.6 is 0 Å². The third-order valence-electron chi connectivity index (χ3n) is 17.1. The van der Waals surface area contributed by atoms with Crippen LogP contribution in [0.15, 0.2) is 305 Å². The lowest BCUT2D eigenvalue weighted by atomic mass is 10.0. The molecule has 20 nitrogen and oxygen atoms in total. The van der Waals surface area contributed by atoms with Gasteiger partial charge in [-0.3, -0.25) is 18.9 Å². The number of halogens is 7. The van der Waals surface area contributed by atoms with Crippen LogP contribution < -0.4 is 18.9 Å². The van der Waals surface area contributed by atoms with Gasteiger partial charge >= 0.3 is 30.1 Å². The Morgan fingerprint density at radius 1 is 0.267 bits per heavy atom. The number of carboxylic acids is 4. The molecule has 0 aromatic heterocycles. The highest BCUT2D eigenvalue weighted by atomic mass is 32.2. The molecule has 0 amide bonds. The van der Waals surface area contributed by atoms with Gasteiger partial charge in [-0.15, -0.1) is 0 Å². The van der Waals surface area contributed by atoms with Crippen molar-refractivity contribution < 1.29 is 104 Å². The quantitative estimate of drug-likeness (QED) is 0.0211. The van der Waals surface area contributed by atoms with Gasteiger partial charge in [0.05, 0.1) is 37.6 Å². The summed E-state index contributed by atoms with van der Waals surface area (Å²) in [5.74, 6) is -7.35. The Morgan fingerprint density at radius 3 is 0.845 bits per heavy atom. The van der Waals surface area contributed by atoms with Crippen molar-refractivity contribution >= 4 is 86.7 Å². The maximum atomic E-state index is 13.8. The third-order valence-corrected chi connectivity index (χ3v) is 22.8. The number of alkyl halides is 3. The van der Waals surface area contributed by atoms with Crippen LogP contribution in [0.25, 0.3) is 0 Å². The average Bonchev–Trinajstić information content (AvgIpc) is 0.798. The van der Waals surface area contributed by atoms with Crippen LogP contribution in [0.2, 0.25) is 0 Å². The van der Waals surface area contributed by atoms with Gasteiger partial charge in [-0.2, -0.15) is 13.2 Å². The lowest BCUT2D eigenvalue weighted by Crippen LogP contribution is -2.19. The van der Waals surface area contributed by atoms with Gasteiger partial charge in [-0.05, 0) is 254 Å². The lowest BCUT2D eigenvalue weighted by Gasteiger charge is -2.14. The van der Waals surface area contributed by atoms with Gasteiger partial charge in [0.25, 0.3) is 40.1 Å². The summed E-state index contributed by atoms with van der Waals surface area (Å²) in [5.41, 5.74) is 7.42. The van der Waals surface area contributed by atoms with Crippen molar-refractivity contribution in [3.8, 4) is 0 Å². The molecule has 0 atom stereocenters. The number of rotatable bonds is 28. The van der Waals surface area contributed by atoms with Gasteiger partial charge in [0.15, 0.2) is 0 Å². The van der Waals surface area contributed by atoms with E-state index >= 15 is 0 Å². The number of benzene rings is 12. The Bertz CT molecular complexity index is 6040. The Kier molecular flexibility index (Phi) is 29.4. The van der Waals surface area contributed by atoms with Gasteiger partial charge in [0.1, 0.15) is 33.1 Å². The minimum absolute atomic E-state index is 0.0233. The van der Waals surface area contributed by atoms with Crippen molar-refractivity contribution in [1.82, 2.24) is 0 Å².